The Morgan fingerprint density at radius 3 is 2.61 bits per heavy atom. The fourth-order valence-electron chi connectivity index (χ4n) is 1.33. The van der Waals surface area contributed by atoms with Crippen molar-refractivity contribution < 1.29 is 9.63 Å². The third-order valence-electron chi connectivity index (χ3n) is 2.33. The zero-order chi connectivity index (χ0) is 13.4. The fourth-order valence-corrected chi connectivity index (χ4v) is 1.33. The number of nitrogens with zero attached hydrogens (tertiary/aromatic N) is 1. The highest BCUT2D eigenvalue weighted by atomic mass is 16.7. The van der Waals surface area contributed by atoms with Crippen molar-refractivity contribution >= 4 is 5.91 Å². The van der Waals surface area contributed by atoms with Crippen molar-refractivity contribution in [3.63, 3.8) is 0 Å². The number of allylic oxidation sites excluding steroid dienone is 1. The van der Waals surface area contributed by atoms with Crippen molar-refractivity contribution in [3.05, 3.63) is 60.2 Å². The largest absolute Gasteiger partial charge is 0.272 e. The molecule has 3 heteroatoms. The van der Waals surface area contributed by atoms with Gasteiger partial charge in [0.15, 0.2) is 0 Å². The Bertz CT molecular complexity index is 423. The summed E-state index contributed by atoms with van der Waals surface area (Å²) in [6.45, 7) is 8.02. The monoisotopic (exact) mass is 245 g/mol. The lowest BCUT2D eigenvalue weighted by Gasteiger charge is -2.20. The predicted octanol–water partition coefficient (Wildman–Crippen LogP) is 3.10. The molecular formula is C15H19NO2. The van der Waals surface area contributed by atoms with Crippen LogP contribution in [0.3, 0.4) is 0 Å². The van der Waals surface area contributed by atoms with Crippen LogP contribution in [0.5, 0.6) is 0 Å². The quantitative estimate of drug-likeness (QED) is 0.438. The van der Waals surface area contributed by atoms with Crippen LogP contribution < -0.4 is 0 Å². The Hall–Kier alpha value is -1.87. The third-order valence-corrected chi connectivity index (χ3v) is 2.33. The second-order valence-electron chi connectivity index (χ2n) is 3.97. The van der Waals surface area contributed by atoms with Crippen molar-refractivity contribution in [1.82, 2.24) is 5.06 Å². The second kappa shape index (κ2) is 7.45. The molecule has 0 unspecified atom stereocenters. The maximum Gasteiger partial charge on any atom is 0.272 e. The van der Waals surface area contributed by atoms with Gasteiger partial charge in [0.2, 0.25) is 0 Å². The van der Waals surface area contributed by atoms with Gasteiger partial charge >= 0.3 is 0 Å². The molecule has 0 heterocycles. The normalized spacial score (nSPS) is 10.6. The molecule has 1 rings (SSSR count). The van der Waals surface area contributed by atoms with Gasteiger partial charge in [-0.15, -0.1) is 0 Å². The molecular weight excluding hydrogens is 226 g/mol. The van der Waals surface area contributed by atoms with Crippen LogP contribution in [-0.4, -0.2) is 17.5 Å². The number of hydrogen-bond donors (Lipinski definition) is 0. The van der Waals surface area contributed by atoms with E-state index >= 15 is 0 Å². The average Bonchev–Trinajstić information content (AvgIpc) is 2.39. The van der Waals surface area contributed by atoms with Gasteiger partial charge in [-0.25, -0.2) is 5.06 Å². The van der Waals surface area contributed by atoms with E-state index < -0.39 is 0 Å². The Morgan fingerprint density at radius 1 is 1.39 bits per heavy atom. The molecule has 0 saturated heterocycles. The van der Waals surface area contributed by atoms with E-state index in [2.05, 4.69) is 6.58 Å². The fraction of sp³-hybridized carbons (Fsp3) is 0.267. The lowest BCUT2D eigenvalue weighted by Crippen LogP contribution is -2.31. The topological polar surface area (TPSA) is 29.5 Å². The Kier molecular flexibility index (Phi) is 5.88. The lowest BCUT2D eigenvalue weighted by molar-refractivity contribution is -0.183. The van der Waals surface area contributed by atoms with E-state index in [4.69, 9.17) is 4.84 Å². The highest BCUT2D eigenvalue weighted by Gasteiger charge is 2.13. The van der Waals surface area contributed by atoms with Crippen molar-refractivity contribution in [2.45, 2.75) is 20.5 Å². The van der Waals surface area contributed by atoms with Gasteiger partial charge in [0.05, 0.1) is 6.54 Å². The van der Waals surface area contributed by atoms with E-state index in [-0.39, 0.29) is 5.91 Å². The van der Waals surface area contributed by atoms with Gasteiger partial charge in [0, 0.05) is 5.57 Å². The van der Waals surface area contributed by atoms with Crippen LogP contribution in [0.25, 0.3) is 0 Å². The standard InChI is InChI=1S/C15H19NO2/c1-4-5-11-16(15(17)13(2)3)18-12-14-9-7-6-8-10-14/h4-10H,2,11-12H2,1,3H3/b5-4+. The van der Waals surface area contributed by atoms with Crippen LogP contribution >= 0.6 is 0 Å². The Morgan fingerprint density at radius 2 is 2.06 bits per heavy atom. The number of benzene rings is 1. The summed E-state index contributed by atoms with van der Waals surface area (Å²) in [7, 11) is 0. The van der Waals surface area contributed by atoms with Crippen molar-refractivity contribution in [2.24, 2.45) is 0 Å². The maximum atomic E-state index is 11.8. The van der Waals surface area contributed by atoms with E-state index in [1.54, 1.807) is 6.92 Å². The lowest BCUT2D eigenvalue weighted by atomic mass is 10.2. The molecule has 1 aromatic carbocycles. The first-order chi connectivity index (χ1) is 8.65. The second-order valence-corrected chi connectivity index (χ2v) is 3.97. The molecule has 0 radical (unpaired) electrons. The number of hydrogen-bond acceptors (Lipinski definition) is 2. The summed E-state index contributed by atoms with van der Waals surface area (Å²) in [5.74, 6) is -0.191. The number of rotatable bonds is 6. The van der Waals surface area contributed by atoms with E-state index in [1.165, 1.54) is 5.06 Å². The van der Waals surface area contributed by atoms with Crippen molar-refractivity contribution in [1.29, 1.82) is 0 Å². The molecule has 0 fully saturated rings. The van der Waals surface area contributed by atoms with Crippen LogP contribution in [0.1, 0.15) is 19.4 Å². The van der Waals surface area contributed by atoms with Crippen molar-refractivity contribution in [3.8, 4) is 0 Å². The molecule has 0 N–H and O–H groups in total. The molecule has 18 heavy (non-hydrogen) atoms. The zero-order valence-electron chi connectivity index (χ0n) is 10.9. The molecule has 0 spiro atoms. The summed E-state index contributed by atoms with van der Waals surface area (Å²) in [6.07, 6.45) is 3.75. The van der Waals surface area contributed by atoms with Gasteiger partial charge in [0.1, 0.15) is 6.61 Å². The van der Waals surface area contributed by atoms with Gasteiger partial charge in [-0.05, 0) is 19.4 Å². The summed E-state index contributed by atoms with van der Waals surface area (Å²) in [4.78, 5) is 17.4. The minimum Gasteiger partial charge on any atom is -0.267 e. The van der Waals surface area contributed by atoms with Crippen LogP contribution in [0, 0.1) is 0 Å². The van der Waals surface area contributed by atoms with E-state index in [0.29, 0.717) is 18.7 Å². The predicted molar refractivity (Wildman–Crippen MR) is 72.6 cm³/mol. The number of amides is 1. The van der Waals surface area contributed by atoms with Crippen LogP contribution in [0.4, 0.5) is 0 Å². The molecule has 0 saturated carbocycles. The minimum absolute atomic E-state index is 0.191. The van der Waals surface area contributed by atoms with Crippen LogP contribution in [0.15, 0.2) is 54.6 Å². The first-order valence-corrected chi connectivity index (χ1v) is 5.90. The summed E-state index contributed by atoms with van der Waals surface area (Å²) in [5.41, 5.74) is 1.49. The van der Waals surface area contributed by atoms with Gasteiger partial charge in [-0.2, -0.15) is 0 Å². The number of carbonyl (C=O) groups is 1. The van der Waals surface area contributed by atoms with Gasteiger partial charge in [-0.1, -0.05) is 49.1 Å². The molecule has 0 aliphatic rings. The number of hydroxylamine groups is 2. The first kappa shape index (κ1) is 14.2. The van der Waals surface area contributed by atoms with Gasteiger partial charge < -0.3 is 0 Å². The van der Waals surface area contributed by atoms with Crippen LogP contribution in [-0.2, 0) is 16.2 Å². The zero-order valence-corrected chi connectivity index (χ0v) is 10.9. The minimum atomic E-state index is -0.191. The van der Waals surface area contributed by atoms with E-state index in [0.717, 1.165) is 5.56 Å². The SMILES string of the molecule is C=C(C)C(=O)N(C/C=C/C)OCc1ccccc1. The molecule has 0 atom stereocenters. The maximum absolute atomic E-state index is 11.8. The van der Waals surface area contributed by atoms with Gasteiger partial charge in [0.25, 0.3) is 5.91 Å². The summed E-state index contributed by atoms with van der Waals surface area (Å²) in [5, 5.41) is 1.33. The smallest absolute Gasteiger partial charge is 0.267 e. The van der Waals surface area contributed by atoms with Crippen LogP contribution in [0.2, 0.25) is 0 Å². The van der Waals surface area contributed by atoms with Crippen molar-refractivity contribution in [2.75, 3.05) is 6.54 Å². The molecule has 0 aliphatic carbocycles. The highest BCUT2D eigenvalue weighted by Crippen LogP contribution is 2.06. The number of carbonyl (C=O) groups excluding carboxylic acids is 1. The molecule has 96 valence electrons. The highest BCUT2D eigenvalue weighted by molar-refractivity contribution is 5.91. The summed E-state index contributed by atoms with van der Waals surface area (Å²) < 4.78 is 0. The molecule has 1 aromatic rings. The Labute approximate surface area is 108 Å². The molecule has 1 amide bonds. The Balaban J connectivity index is 2.61. The molecule has 0 aliphatic heterocycles. The first-order valence-electron chi connectivity index (χ1n) is 5.90. The molecule has 0 aromatic heterocycles. The van der Waals surface area contributed by atoms with E-state index in [1.807, 2.05) is 49.4 Å². The summed E-state index contributed by atoms with van der Waals surface area (Å²) >= 11 is 0. The molecule has 0 bridgehead atoms. The average molecular weight is 245 g/mol. The van der Waals surface area contributed by atoms with Gasteiger partial charge in [-0.3, -0.25) is 9.63 Å². The summed E-state index contributed by atoms with van der Waals surface area (Å²) in [6, 6.07) is 9.74. The molecule has 3 nitrogen and oxygen atoms in total. The van der Waals surface area contributed by atoms with E-state index in [9.17, 15) is 4.79 Å². The third kappa shape index (κ3) is 4.55.